The Morgan fingerprint density at radius 1 is 1.56 bits per heavy atom. The fourth-order valence-corrected chi connectivity index (χ4v) is 2.14. The van der Waals surface area contributed by atoms with Gasteiger partial charge in [-0.15, -0.1) is 11.3 Å². The van der Waals surface area contributed by atoms with Gasteiger partial charge in [0.25, 0.3) is 0 Å². The van der Waals surface area contributed by atoms with Crippen molar-refractivity contribution in [1.82, 2.24) is 4.90 Å². The van der Waals surface area contributed by atoms with Crippen LogP contribution in [0.5, 0.6) is 0 Å². The molecule has 1 N–H and O–H groups in total. The van der Waals surface area contributed by atoms with E-state index < -0.39 is 0 Å². The van der Waals surface area contributed by atoms with Gasteiger partial charge in [-0.1, -0.05) is 0 Å². The maximum atomic E-state index is 12.0. The van der Waals surface area contributed by atoms with Crippen molar-refractivity contribution in [3.05, 3.63) is 17.0 Å². The second kappa shape index (κ2) is 7.69. The van der Waals surface area contributed by atoms with Crippen LogP contribution in [-0.2, 0) is 4.74 Å². The predicted molar refractivity (Wildman–Crippen MR) is 71.8 cm³/mol. The molecule has 0 aliphatic heterocycles. The monoisotopic (exact) mass is 267 g/mol. The van der Waals surface area contributed by atoms with Gasteiger partial charge in [-0.25, -0.2) is 4.79 Å². The molecule has 98 valence electrons. The lowest BCUT2D eigenvalue weighted by atomic mass is 10.4. The number of anilines is 1. The average Bonchev–Trinajstić information content (AvgIpc) is 2.75. The molecule has 1 aromatic heterocycles. The van der Waals surface area contributed by atoms with Crippen LogP contribution in [0.1, 0.15) is 11.3 Å². The van der Waals surface area contributed by atoms with Crippen molar-refractivity contribution >= 4 is 22.4 Å². The number of rotatable bonds is 6. The summed E-state index contributed by atoms with van der Waals surface area (Å²) in [5, 5.41) is 12.2. The van der Waals surface area contributed by atoms with Crippen LogP contribution in [-0.4, -0.2) is 37.7 Å². The lowest BCUT2D eigenvalue weighted by Crippen LogP contribution is -2.37. The highest BCUT2D eigenvalue weighted by Crippen LogP contribution is 2.20. The number of methoxy groups -OCH3 is 1. The van der Waals surface area contributed by atoms with E-state index in [9.17, 15) is 4.79 Å². The number of urea groups is 1. The molecule has 18 heavy (non-hydrogen) atoms. The van der Waals surface area contributed by atoms with Crippen LogP contribution in [0.15, 0.2) is 12.1 Å². The Balaban J connectivity index is 2.55. The molecule has 0 aliphatic carbocycles. The molecule has 6 heteroatoms. The van der Waals surface area contributed by atoms with Gasteiger partial charge in [0.05, 0.1) is 24.1 Å². The van der Waals surface area contributed by atoms with Crippen LogP contribution in [0.2, 0.25) is 0 Å². The van der Waals surface area contributed by atoms with E-state index in [0.717, 1.165) is 9.88 Å². The SMILES string of the molecule is COCCN(CCC#N)C(=O)Nc1ccc(C)s1. The number of ether oxygens (including phenoxy) is 1. The van der Waals surface area contributed by atoms with E-state index in [1.807, 2.05) is 25.1 Å². The summed E-state index contributed by atoms with van der Waals surface area (Å²) in [7, 11) is 1.59. The molecule has 0 saturated heterocycles. The minimum absolute atomic E-state index is 0.191. The first-order chi connectivity index (χ1) is 8.67. The van der Waals surface area contributed by atoms with Crippen molar-refractivity contribution in [2.24, 2.45) is 0 Å². The number of hydrogen-bond acceptors (Lipinski definition) is 4. The molecular weight excluding hydrogens is 250 g/mol. The van der Waals surface area contributed by atoms with Crippen LogP contribution in [0.25, 0.3) is 0 Å². The molecule has 2 amide bonds. The second-order valence-electron chi connectivity index (χ2n) is 3.73. The molecule has 5 nitrogen and oxygen atoms in total. The smallest absolute Gasteiger partial charge is 0.322 e. The molecule has 0 aromatic carbocycles. The van der Waals surface area contributed by atoms with Gasteiger partial charge in [-0.2, -0.15) is 5.26 Å². The molecule has 1 rings (SSSR count). The summed E-state index contributed by atoms with van der Waals surface area (Å²) >= 11 is 1.53. The fourth-order valence-electron chi connectivity index (χ4n) is 1.39. The maximum absolute atomic E-state index is 12.0. The van der Waals surface area contributed by atoms with Gasteiger partial charge in [0.15, 0.2) is 0 Å². The third-order valence-electron chi connectivity index (χ3n) is 2.32. The molecule has 1 aromatic rings. The van der Waals surface area contributed by atoms with Crippen molar-refractivity contribution in [1.29, 1.82) is 5.26 Å². The first-order valence-corrected chi connectivity index (χ1v) is 6.47. The number of nitrogens with zero attached hydrogens (tertiary/aromatic N) is 2. The van der Waals surface area contributed by atoms with Gasteiger partial charge < -0.3 is 9.64 Å². The van der Waals surface area contributed by atoms with Crippen molar-refractivity contribution < 1.29 is 9.53 Å². The van der Waals surface area contributed by atoms with Gasteiger partial charge in [0, 0.05) is 25.1 Å². The van der Waals surface area contributed by atoms with Crippen LogP contribution in [0, 0.1) is 18.3 Å². The highest BCUT2D eigenvalue weighted by molar-refractivity contribution is 7.16. The van der Waals surface area contributed by atoms with Crippen LogP contribution in [0.4, 0.5) is 9.80 Å². The summed E-state index contributed by atoms with van der Waals surface area (Å²) in [6, 6.07) is 5.67. The number of aryl methyl sites for hydroxylation is 1. The first kappa shape index (κ1) is 14.5. The predicted octanol–water partition coefficient (Wildman–Crippen LogP) is 2.45. The lowest BCUT2D eigenvalue weighted by molar-refractivity contribution is 0.156. The third kappa shape index (κ3) is 4.73. The molecule has 1 heterocycles. The van der Waals surface area contributed by atoms with E-state index in [4.69, 9.17) is 10.00 Å². The van der Waals surface area contributed by atoms with E-state index in [2.05, 4.69) is 5.32 Å². The first-order valence-electron chi connectivity index (χ1n) is 5.65. The Kier molecular flexibility index (Phi) is 6.19. The van der Waals surface area contributed by atoms with Crippen molar-refractivity contribution in [2.45, 2.75) is 13.3 Å². The second-order valence-corrected chi connectivity index (χ2v) is 5.02. The number of hydrogen-bond donors (Lipinski definition) is 1. The number of thiophene rings is 1. The van der Waals surface area contributed by atoms with E-state index in [1.54, 1.807) is 12.0 Å². The van der Waals surface area contributed by atoms with Crippen LogP contribution < -0.4 is 5.32 Å². The third-order valence-corrected chi connectivity index (χ3v) is 3.23. The fraction of sp³-hybridized carbons (Fsp3) is 0.500. The van der Waals surface area contributed by atoms with Crippen LogP contribution >= 0.6 is 11.3 Å². The quantitative estimate of drug-likeness (QED) is 0.861. The zero-order chi connectivity index (χ0) is 13.4. The highest BCUT2D eigenvalue weighted by Gasteiger charge is 2.13. The summed E-state index contributed by atoms with van der Waals surface area (Å²) in [5.41, 5.74) is 0. The highest BCUT2D eigenvalue weighted by atomic mass is 32.1. The summed E-state index contributed by atoms with van der Waals surface area (Å²) in [6.07, 6.45) is 0.320. The molecule has 0 aliphatic rings. The number of amides is 2. The average molecular weight is 267 g/mol. The van der Waals surface area contributed by atoms with Crippen molar-refractivity contribution in [3.63, 3.8) is 0 Å². The van der Waals surface area contributed by atoms with Gasteiger partial charge >= 0.3 is 6.03 Å². The molecule has 0 atom stereocenters. The van der Waals surface area contributed by atoms with E-state index >= 15 is 0 Å². The summed E-state index contributed by atoms with van der Waals surface area (Å²) in [4.78, 5) is 14.7. The topological polar surface area (TPSA) is 65.4 Å². The largest absolute Gasteiger partial charge is 0.383 e. The van der Waals surface area contributed by atoms with Gasteiger partial charge in [-0.05, 0) is 19.1 Å². The zero-order valence-corrected chi connectivity index (χ0v) is 11.4. The van der Waals surface area contributed by atoms with E-state index in [0.29, 0.717) is 26.1 Å². The molecule has 0 radical (unpaired) electrons. The minimum Gasteiger partial charge on any atom is -0.383 e. The normalized spacial score (nSPS) is 9.83. The number of carbonyl (C=O) groups excluding carboxylic acids is 1. The lowest BCUT2D eigenvalue weighted by Gasteiger charge is -2.21. The Morgan fingerprint density at radius 2 is 2.33 bits per heavy atom. The molecule has 0 spiro atoms. The molecule has 0 unspecified atom stereocenters. The Hall–Kier alpha value is -1.58. The molecular formula is C12H17N3O2S. The van der Waals surface area contributed by atoms with Crippen molar-refractivity contribution in [2.75, 3.05) is 32.1 Å². The zero-order valence-electron chi connectivity index (χ0n) is 10.6. The summed E-state index contributed by atoms with van der Waals surface area (Å²) < 4.78 is 4.95. The van der Waals surface area contributed by atoms with Gasteiger partial charge in [-0.3, -0.25) is 5.32 Å². The van der Waals surface area contributed by atoms with E-state index in [-0.39, 0.29) is 6.03 Å². The summed E-state index contributed by atoms with van der Waals surface area (Å²) in [6.45, 7) is 3.34. The molecule has 0 fully saturated rings. The molecule has 0 bridgehead atoms. The summed E-state index contributed by atoms with van der Waals surface area (Å²) in [5.74, 6) is 0. The number of nitriles is 1. The van der Waals surface area contributed by atoms with Gasteiger partial charge in [0.1, 0.15) is 0 Å². The Morgan fingerprint density at radius 3 is 2.89 bits per heavy atom. The van der Waals surface area contributed by atoms with E-state index in [1.165, 1.54) is 11.3 Å². The number of carbonyl (C=O) groups is 1. The number of nitrogens with one attached hydrogen (secondary N) is 1. The Labute approximate surface area is 111 Å². The molecule has 0 saturated carbocycles. The van der Waals surface area contributed by atoms with Gasteiger partial charge in [0.2, 0.25) is 0 Å². The Bertz CT molecular complexity index is 425. The maximum Gasteiger partial charge on any atom is 0.322 e. The van der Waals surface area contributed by atoms with Crippen molar-refractivity contribution in [3.8, 4) is 6.07 Å². The minimum atomic E-state index is -0.191. The standard InChI is InChI=1S/C12H17N3O2S/c1-10-4-5-11(18-10)14-12(16)15(7-3-6-13)8-9-17-2/h4-5H,3,7-9H2,1-2H3,(H,14,16). The van der Waals surface area contributed by atoms with Crippen LogP contribution in [0.3, 0.4) is 0 Å².